The SMILES string of the molecule is O=C(C1CCCCC1)N(CC(=O)N1c2ccccc2-n2cccc2C1c1ccc(Cl)cc1)C1CC1. The number of rotatable bonds is 5. The van der Waals surface area contributed by atoms with Crippen molar-refractivity contribution in [1.82, 2.24) is 9.47 Å². The molecule has 0 saturated heterocycles. The van der Waals surface area contributed by atoms with Crippen LogP contribution in [0.15, 0.2) is 66.9 Å². The van der Waals surface area contributed by atoms with Crippen LogP contribution >= 0.6 is 11.6 Å². The largest absolute Gasteiger partial charge is 0.330 e. The first-order valence-corrected chi connectivity index (χ1v) is 13.1. The number of carbonyl (C=O) groups excluding carboxylic acids is 2. The van der Waals surface area contributed by atoms with E-state index < -0.39 is 0 Å². The second-order valence-corrected chi connectivity index (χ2v) is 10.5. The van der Waals surface area contributed by atoms with Crippen molar-refractivity contribution in [3.8, 4) is 5.69 Å². The van der Waals surface area contributed by atoms with E-state index in [0.717, 1.165) is 61.2 Å². The van der Waals surface area contributed by atoms with Gasteiger partial charge in [-0.2, -0.15) is 0 Å². The number of hydrogen-bond donors (Lipinski definition) is 0. The van der Waals surface area contributed by atoms with Crippen molar-refractivity contribution in [2.75, 3.05) is 11.4 Å². The van der Waals surface area contributed by atoms with Gasteiger partial charge in [-0.25, -0.2) is 0 Å². The molecule has 1 unspecified atom stereocenters. The Bertz CT molecular complexity index is 1240. The molecule has 6 rings (SSSR count). The molecule has 1 aromatic heterocycles. The fraction of sp³-hybridized carbons (Fsp3) is 0.379. The van der Waals surface area contributed by atoms with Crippen LogP contribution in [0.25, 0.3) is 5.69 Å². The number of para-hydroxylation sites is 2. The van der Waals surface area contributed by atoms with Crippen molar-refractivity contribution in [2.45, 2.75) is 57.0 Å². The van der Waals surface area contributed by atoms with Gasteiger partial charge in [0.2, 0.25) is 11.8 Å². The standard InChI is InChI=1S/C29H30ClN3O2/c30-22-14-12-20(13-15-22)28-26-11-6-18-31(26)24-9-4-5-10-25(24)33(28)27(34)19-32(23-16-17-23)29(35)21-7-2-1-3-8-21/h4-6,9-15,18,21,23,28H,1-3,7-8,16-17,19H2. The van der Waals surface area contributed by atoms with Gasteiger partial charge in [0.25, 0.3) is 0 Å². The summed E-state index contributed by atoms with van der Waals surface area (Å²) in [4.78, 5) is 31.5. The summed E-state index contributed by atoms with van der Waals surface area (Å²) < 4.78 is 2.16. The highest BCUT2D eigenvalue weighted by Crippen LogP contribution is 2.43. The zero-order chi connectivity index (χ0) is 23.9. The highest BCUT2D eigenvalue weighted by Gasteiger charge is 2.41. The normalized spacial score (nSPS) is 19.7. The summed E-state index contributed by atoms with van der Waals surface area (Å²) in [7, 11) is 0. The lowest BCUT2D eigenvalue weighted by Gasteiger charge is -2.40. The molecule has 1 aliphatic heterocycles. The number of nitrogens with zero attached hydrogens (tertiary/aromatic N) is 3. The van der Waals surface area contributed by atoms with Gasteiger partial charge in [-0.05, 0) is 67.6 Å². The molecule has 2 heterocycles. The second-order valence-electron chi connectivity index (χ2n) is 10.0. The predicted octanol–water partition coefficient (Wildman–Crippen LogP) is 6.14. The monoisotopic (exact) mass is 487 g/mol. The zero-order valence-electron chi connectivity index (χ0n) is 19.8. The summed E-state index contributed by atoms with van der Waals surface area (Å²) in [5.41, 5.74) is 3.86. The first-order chi connectivity index (χ1) is 17.1. The van der Waals surface area contributed by atoms with Crippen molar-refractivity contribution in [3.05, 3.63) is 83.1 Å². The number of hydrogen-bond acceptors (Lipinski definition) is 2. The van der Waals surface area contributed by atoms with Crippen LogP contribution in [0, 0.1) is 5.92 Å². The first-order valence-electron chi connectivity index (χ1n) is 12.8. The Morgan fingerprint density at radius 1 is 0.857 bits per heavy atom. The van der Waals surface area contributed by atoms with Gasteiger partial charge < -0.3 is 9.47 Å². The molecule has 0 bridgehead atoms. The van der Waals surface area contributed by atoms with E-state index in [4.69, 9.17) is 11.6 Å². The molecular weight excluding hydrogens is 458 g/mol. The zero-order valence-corrected chi connectivity index (χ0v) is 20.5. The van der Waals surface area contributed by atoms with Crippen LogP contribution in [0.3, 0.4) is 0 Å². The Morgan fingerprint density at radius 2 is 1.57 bits per heavy atom. The molecule has 2 saturated carbocycles. The summed E-state index contributed by atoms with van der Waals surface area (Å²) in [5, 5.41) is 0.663. The fourth-order valence-electron chi connectivity index (χ4n) is 5.80. The molecule has 0 N–H and O–H groups in total. The van der Waals surface area contributed by atoms with Gasteiger partial charge in [0.1, 0.15) is 12.6 Å². The maximum Gasteiger partial charge on any atom is 0.247 e. The summed E-state index contributed by atoms with van der Waals surface area (Å²) in [6, 6.07) is 19.7. The number of halogens is 1. The van der Waals surface area contributed by atoms with Crippen LogP contribution in [0.1, 0.15) is 62.2 Å². The number of aromatic nitrogens is 1. The third-order valence-electron chi connectivity index (χ3n) is 7.70. The van der Waals surface area contributed by atoms with E-state index >= 15 is 0 Å². The van der Waals surface area contributed by atoms with Gasteiger partial charge in [0.15, 0.2) is 0 Å². The Balaban J connectivity index is 1.38. The molecule has 0 spiro atoms. The summed E-state index contributed by atoms with van der Waals surface area (Å²) >= 11 is 6.20. The van der Waals surface area contributed by atoms with Crippen molar-refractivity contribution < 1.29 is 9.59 Å². The van der Waals surface area contributed by atoms with E-state index in [-0.39, 0.29) is 36.4 Å². The smallest absolute Gasteiger partial charge is 0.247 e. The van der Waals surface area contributed by atoms with Gasteiger partial charge in [0.05, 0.1) is 17.1 Å². The highest BCUT2D eigenvalue weighted by molar-refractivity contribution is 6.30. The number of benzene rings is 2. The average molecular weight is 488 g/mol. The van der Waals surface area contributed by atoms with E-state index in [1.807, 2.05) is 70.6 Å². The molecule has 2 amide bonds. The lowest BCUT2D eigenvalue weighted by molar-refractivity contribution is -0.140. The molecule has 180 valence electrons. The Hall–Kier alpha value is -3.05. The molecule has 35 heavy (non-hydrogen) atoms. The summed E-state index contributed by atoms with van der Waals surface area (Å²) in [6.45, 7) is 0.124. The summed E-state index contributed by atoms with van der Waals surface area (Å²) in [6.07, 6.45) is 9.35. The van der Waals surface area contributed by atoms with Crippen molar-refractivity contribution in [3.63, 3.8) is 0 Å². The van der Waals surface area contributed by atoms with Crippen LogP contribution in [-0.2, 0) is 9.59 Å². The minimum atomic E-state index is -0.296. The van der Waals surface area contributed by atoms with Crippen molar-refractivity contribution in [2.24, 2.45) is 5.92 Å². The lowest BCUT2D eigenvalue weighted by Crippen LogP contribution is -2.48. The molecular formula is C29H30ClN3O2. The van der Waals surface area contributed by atoms with Gasteiger partial charge in [-0.15, -0.1) is 0 Å². The van der Waals surface area contributed by atoms with Crippen LogP contribution in [-0.4, -0.2) is 33.9 Å². The number of carbonyl (C=O) groups is 2. The Labute approximate surface area is 211 Å². The molecule has 2 fully saturated rings. The van der Waals surface area contributed by atoms with E-state index in [2.05, 4.69) is 10.6 Å². The second kappa shape index (κ2) is 9.19. The van der Waals surface area contributed by atoms with Crippen LogP contribution in [0.4, 0.5) is 5.69 Å². The van der Waals surface area contributed by atoms with Crippen molar-refractivity contribution in [1.29, 1.82) is 0 Å². The average Bonchev–Trinajstić information content (AvgIpc) is 3.62. The molecule has 0 radical (unpaired) electrons. The van der Waals surface area contributed by atoms with Crippen LogP contribution < -0.4 is 4.90 Å². The fourth-order valence-corrected chi connectivity index (χ4v) is 5.93. The Kier molecular flexibility index (Phi) is 5.89. The lowest BCUT2D eigenvalue weighted by atomic mass is 9.88. The molecule has 2 aliphatic carbocycles. The van der Waals surface area contributed by atoms with Gasteiger partial charge in [-0.1, -0.05) is 55.1 Å². The molecule has 3 aromatic rings. The van der Waals surface area contributed by atoms with E-state index in [1.165, 1.54) is 6.42 Å². The van der Waals surface area contributed by atoms with E-state index in [1.54, 1.807) is 0 Å². The molecule has 1 atom stereocenters. The number of amides is 2. The molecule has 3 aliphatic rings. The number of fused-ring (bicyclic) bond motifs is 3. The maximum absolute atomic E-state index is 14.2. The maximum atomic E-state index is 14.2. The van der Waals surface area contributed by atoms with E-state index in [0.29, 0.717) is 5.02 Å². The van der Waals surface area contributed by atoms with Gasteiger partial charge in [-0.3, -0.25) is 14.5 Å². The van der Waals surface area contributed by atoms with Crippen LogP contribution in [0.2, 0.25) is 5.02 Å². The predicted molar refractivity (Wildman–Crippen MR) is 138 cm³/mol. The quantitative estimate of drug-likeness (QED) is 0.434. The van der Waals surface area contributed by atoms with Gasteiger partial charge >= 0.3 is 0 Å². The van der Waals surface area contributed by atoms with Gasteiger partial charge in [0, 0.05) is 23.2 Å². The molecule has 6 heteroatoms. The highest BCUT2D eigenvalue weighted by atomic mass is 35.5. The third kappa shape index (κ3) is 4.16. The third-order valence-corrected chi connectivity index (χ3v) is 7.96. The minimum absolute atomic E-state index is 0.0408. The minimum Gasteiger partial charge on any atom is -0.330 e. The molecule has 5 nitrogen and oxygen atoms in total. The number of anilines is 1. The van der Waals surface area contributed by atoms with E-state index in [9.17, 15) is 9.59 Å². The van der Waals surface area contributed by atoms with Crippen molar-refractivity contribution >= 4 is 29.1 Å². The first kappa shape index (κ1) is 22.4. The van der Waals surface area contributed by atoms with Crippen LogP contribution in [0.5, 0.6) is 0 Å². The topological polar surface area (TPSA) is 45.6 Å². The summed E-state index contributed by atoms with van der Waals surface area (Å²) in [5.74, 6) is 0.202. The molecule has 2 aromatic carbocycles. The Morgan fingerprint density at radius 3 is 2.29 bits per heavy atom.